The molecule has 4 fully saturated rings. The van der Waals surface area contributed by atoms with Crippen LogP contribution in [-0.4, -0.2) is 26.6 Å². The predicted molar refractivity (Wildman–Crippen MR) is 105 cm³/mol. The van der Waals surface area contributed by atoms with E-state index in [1.165, 1.54) is 0 Å². The van der Waals surface area contributed by atoms with Gasteiger partial charge in [0.1, 0.15) is 11.5 Å². The van der Waals surface area contributed by atoms with Crippen LogP contribution in [0.2, 0.25) is 0 Å². The second kappa shape index (κ2) is 5.89. The third kappa shape index (κ3) is 2.37. The van der Waals surface area contributed by atoms with Crippen molar-refractivity contribution in [2.24, 2.45) is 34.5 Å². The molecule has 2 nitrogen and oxygen atoms in total. The lowest BCUT2D eigenvalue weighted by Crippen LogP contribution is -2.65. The molecule has 0 unspecified atom stereocenters. The monoisotopic (exact) mass is 462 g/mol. The number of hydrogen-bond donors (Lipinski definition) is 1. The summed E-state index contributed by atoms with van der Waals surface area (Å²) in [4.78, 5) is 12.2. The molecule has 0 bridgehead atoms. The molecule has 0 heterocycles. The van der Waals surface area contributed by atoms with E-state index in [-0.39, 0.29) is 20.7 Å². The van der Waals surface area contributed by atoms with E-state index in [0.29, 0.717) is 30.0 Å². The van der Waals surface area contributed by atoms with Crippen molar-refractivity contribution in [2.75, 3.05) is 0 Å². The molecule has 0 aliphatic heterocycles. The van der Waals surface area contributed by atoms with Crippen LogP contribution in [0.15, 0.2) is 0 Å². The highest BCUT2D eigenvalue weighted by Crippen LogP contribution is 2.70. The van der Waals surface area contributed by atoms with Crippen molar-refractivity contribution < 1.29 is 14.3 Å². The van der Waals surface area contributed by atoms with Gasteiger partial charge < -0.3 is 5.11 Å². The molecule has 0 aromatic carbocycles. The first kappa shape index (κ1) is 18.6. The Labute approximate surface area is 164 Å². The van der Waals surface area contributed by atoms with E-state index in [2.05, 4.69) is 36.4 Å². The molecule has 9 atom stereocenters. The first-order valence-corrected chi connectivity index (χ1v) is 11.4. The van der Waals surface area contributed by atoms with Gasteiger partial charge in [0.2, 0.25) is 0 Å². The van der Waals surface area contributed by atoms with Crippen molar-refractivity contribution in [3.63, 3.8) is 0 Å². The zero-order chi connectivity index (χ0) is 18.2. The third-order valence-corrected chi connectivity index (χ3v) is 10.7. The molecule has 1 N–H and O–H groups in total. The van der Waals surface area contributed by atoms with Gasteiger partial charge in [-0.1, -0.05) is 36.4 Å². The molecule has 0 aromatic rings. The number of carbonyl (C=O) groups is 1. The van der Waals surface area contributed by atoms with E-state index in [9.17, 15) is 9.90 Å². The maximum Gasteiger partial charge on any atom is 0.133 e. The summed E-state index contributed by atoms with van der Waals surface area (Å²) in [6.07, 6.45) is 6.62. The van der Waals surface area contributed by atoms with Crippen molar-refractivity contribution in [2.45, 2.75) is 87.8 Å². The molecular formula is C21H32FIO2. The highest BCUT2D eigenvalue weighted by molar-refractivity contribution is 14.1. The molecule has 142 valence electrons. The largest absolute Gasteiger partial charge is 0.393 e. The summed E-state index contributed by atoms with van der Waals surface area (Å²) in [5.41, 5.74) is -1.42. The maximum absolute atomic E-state index is 16.2. The molecule has 0 aromatic heterocycles. The second-order valence-electron chi connectivity index (χ2n) is 10.0. The van der Waals surface area contributed by atoms with Gasteiger partial charge in [0, 0.05) is 21.7 Å². The molecule has 25 heavy (non-hydrogen) atoms. The van der Waals surface area contributed by atoms with Gasteiger partial charge in [0.15, 0.2) is 0 Å². The molecular weight excluding hydrogens is 430 g/mol. The lowest BCUT2D eigenvalue weighted by atomic mass is 9.43. The lowest BCUT2D eigenvalue weighted by Gasteiger charge is -2.64. The topological polar surface area (TPSA) is 37.3 Å². The highest BCUT2D eigenvalue weighted by atomic mass is 127. The molecule has 4 aliphatic rings. The normalized spacial score (nSPS) is 58.2. The summed E-state index contributed by atoms with van der Waals surface area (Å²) in [7, 11) is 0. The molecule has 4 rings (SSSR count). The SMILES string of the molecule is CC(=O)[C@H]1CC[C@H]2[C@@H]3C[C@@H](I)[C@@]4(F)C[C@@H](O)CC[C@]4(C)[C@H]3CC[C@]12C. The minimum atomic E-state index is -1.24. The summed E-state index contributed by atoms with van der Waals surface area (Å²) < 4.78 is 16.2. The fourth-order valence-electron chi connectivity index (χ4n) is 7.83. The van der Waals surface area contributed by atoms with Crippen LogP contribution in [0.3, 0.4) is 0 Å². The van der Waals surface area contributed by atoms with Crippen LogP contribution in [0.25, 0.3) is 0 Å². The number of ketones is 1. The number of aliphatic hydroxyl groups excluding tert-OH is 1. The highest BCUT2D eigenvalue weighted by Gasteiger charge is 2.68. The number of carbonyl (C=O) groups excluding carboxylic acids is 1. The molecule has 4 heteroatoms. The van der Waals surface area contributed by atoms with Crippen LogP contribution in [0.4, 0.5) is 4.39 Å². The van der Waals surface area contributed by atoms with Gasteiger partial charge in [-0.3, -0.25) is 4.79 Å². The summed E-state index contributed by atoms with van der Waals surface area (Å²) in [6, 6.07) is 0. The maximum atomic E-state index is 16.2. The zero-order valence-electron chi connectivity index (χ0n) is 15.7. The molecule has 0 spiro atoms. The summed E-state index contributed by atoms with van der Waals surface area (Å²) in [6.45, 7) is 6.30. The van der Waals surface area contributed by atoms with Crippen LogP contribution in [0.5, 0.6) is 0 Å². The number of hydrogen-bond acceptors (Lipinski definition) is 2. The lowest BCUT2D eigenvalue weighted by molar-refractivity contribution is -0.179. The van der Waals surface area contributed by atoms with Crippen molar-refractivity contribution >= 4 is 28.4 Å². The van der Waals surface area contributed by atoms with Gasteiger partial charge in [-0.05, 0) is 75.0 Å². The minimum Gasteiger partial charge on any atom is -0.393 e. The number of rotatable bonds is 1. The summed E-state index contributed by atoms with van der Waals surface area (Å²) >= 11 is 2.34. The number of aliphatic hydroxyl groups is 1. The van der Waals surface area contributed by atoms with E-state index < -0.39 is 11.8 Å². The first-order valence-electron chi connectivity index (χ1n) is 10.1. The average Bonchev–Trinajstić information content (AvgIpc) is 2.88. The standard InChI is InChI=1S/C21H32FIO2/c1-12(24)15-4-5-16-14-10-18(23)21(22)11-13(25)6-9-20(21,3)17(14)7-8-19(15,16)2/h13-18,25H,4-11H2,1-3H3/t13-,14-,15+,16-,17-,18+,19+,20+,21-/m0/s1. The Kier molecular flexibility index (Phi) is 4.39. The van der Waals surface area contributed by atoms with Gasteiger partial charge in [-0.25, -0.2) is 4.39 Å². The van der Waals surface area contributed by atoms with Gasteiger partial charge in [-0.2, -0.15) is 0 Å². The Hall–Kier alpha value is 0.290. The average molecular weight is 462 g/mol. The van der Waals surface area contributed by atoms with Crippen LogP contribution in [0, 0.1) is 34.5 Å². The van der Waals surface area contributed by atoms with Crippen molar-refractivity contribution in [3.8, 4) is 0 Å². The van der Waals surface area contributed by atoms with E-state index >= 15 is 4.39 Å². The molecule has 4 saturated carbocycles. The fraction of sp³-hybridized carbons (Fsp3) is 0.952. The van der Waals surface area contributed by atoms with Gasteiger partial charge in [0.25, 0.3) is 0 Å². The number of halogens is 2. The van der Waals surface area contributed by atoms with E-state index in [0.717, 1.165) is 44.9 Å². The fourth-order valence-corrected chi connectivity index (χ4v) is 9.39. The van der Waals surface area contributed by atoms with Crippen LogP contribution >= 0.6 is 22.6 Å². The van der Waals surface area contributed by atoms with Gasteiger partial charge in [0.05, 0.1) is 6.10 Å². The molecule has 0 saturated heterocycles. The van der Waals surface area contributed by atoms with Gasteiger partial charge >= 0.3 is 0 Å². The Morgan fingerprint density at radius 3 is 2.52 bits per heavy atom. The third-order valence-electron chi connectivity index (χ3n) is 9.20. The number of Topliss-reactive ketones (excluding diaryl/α,β-unsaturated/α-hetero) is 1. The Bertz CT molecular complexity index is 582. The smallest absolute Gasteiger partial charge is 0.133 e. The Morgan fingerprint density at radius 2 is 1.84 bits per heavy atom. The minimum absolute atomic E-state index is 0.0231. The summed E-state index contributed by atoms with van der Waals surface area (Å²) in [5.74, 6) is 2.11. The predicted octanol–water partition coefficient (Wildman–Crippen LogP) is 5.10. The van der Waals surface area contributed by atoms with Crippen LogP contribution in [-0.2, 0) is 4.79 Å². The van der Waals surface area contributed by atoms with E-state index in [1.807, 2.05) is 0 Å². The second-order valence-corrected chi connectivity index (χ2v) is 11.5. The molecule has 0 amide bonds. The Balaban J connectivity index is 1.69. The van der Waals surface area contributed by atoms with Crippen molar-refractivity contribution in [1.29, 1.82) is 0 Å². The Morgan fingerprint density at radius 1 is 1.12 bits per heavy atom. The summed E-state index contributed by atoms with van der Waals surface area (Å²) in [5, 5.41) is 10.1. The van der Waals surface area contributed by atoms with Crippen molar-refractivity contribution in [3.05, 3.63) is 0 Å². The molecule has 4 aliphatic carbocycles. The van der Waals surface area contributed by atoms with E-state index in [4.69, 9.17) is 0 Å². The zero-order valence-corrected chi connectivity index (χ0v) is 17.9. The number of fused-ring (bicyclic) bond motifs is 5. The van der Waals surface area contributed by atoms with Gasteiger partial charge in [-0.15, -0.1) is 0 Å². The van der Waals surface area contributed by atoms with Crippen LogP contribution < -0.4 is 0 Å². The van der Waals surface area contributed by atoms with E-state index in [1.54, 1.807) is 6.92 Å². The van der Waals surface area contributed by atoms with Crippen molar-refractivity contribution in [1.82, 2.24) is 0 Å². The molecule has 0 radical (unpaired) electrons. The number of alkyl halides is 2. The van der Waals surface area contributed by atoms with Crippen LogP contribution in [0.1, 0.15) is 72.1 Å². The first-order chi connectivity index (χ1) is 11.6. The quantitative estimate of drug-likeness (QED) is 0.435.